The molecule has 1 aliphatic rings. The Bertz CT molecular complexity index is 725. The molecule has 1 fully saturated rings. The highest BCUT2D eigenvalue weighted by Crippen LogP contribution is 2.33. The third-order valence-corrected chi connectivity index (χ3v) is 4.90. The molecule has 0 unspecified atom stereocenters. The van der Waals surface area contributed by atoms with Crippen molar-refractivity contribution in [2.45, 2.75) is 38.8 Å². The summed E-state index contributed by atoms with van der Waals surface area (Å²) in [6.07, 6.45) is -0.337. The highest BCUT2D eigenvalue weighted by atomic mass is 16.6. The van der Waals surface area contributed by atoms with Crippen molar-refractivity contribution in [1.29, 1.82) is 0 Å². The Kier molecular flexibility index (Phi) is 6.17. The zero-order valence-corrected chi connectivity index (χ0v) is 16.5. The predicted octanol–water partition coefficient (Wildman–Crippen LogP) is 4.43. The first-order chi connectivity index (χ1) is 12.9. The second-order valence-corrected chi connectivity index (χ2v) is 8.34. The molecule has 2 aromatic rings. The first kappa shape index (κ1) is 19.4. The minimum absolute atomic E-state index is 0.337. The number of likely N-dealkylation sites (tertiary alicyclic amines) is 1. The van der Waals surface area contributed by atoms with E-state index in [0.29, 0.717) is 18.4 Å². The highest BCUT2D eigenvalue weighted by Gasteiger charge is 2.34. The molecular formula is C23H30N2O2. The molecule has 0 aliphatic carbocycles. The zero-order valence-electron chi connectivity index (χ0n) is 16.5. The minimum atomic E-state index is -0.474. The summed E-state index contributed by atoms with van der Waals surface area (Å²) < 4.78 is 5.40. The molecule has 0 spiro atoms. The normalized spacial score (nSPS) is 20.4. The van der Waals surface area contributed by atoms with Crippen molar-refractivity contribution in [3.05, 3.63) is 71.8 Å². The van der Waals surface area contributed by atoms with E-state index in [4.69, 9.17) is 4.74 Å². The van der Waals surface area contributed by atoms with Crippen molar-refractivity contribution in [3.63, 3.8) is 0 Å². The quantitative estimate of drug-likeness (QED) is 0.851. The molecule has 27 heavy (non-hydrogen) atoms. The molecule has 4 heteroatoms. The van der Waals surface area contributed by atoms with Gasteiger partial charge in [-0.15, -0.1) is 0 Å². The summed E-state index contributed by atoms with van der Waals surface area (Å²) in [5.41, 5.74) is 2.19. The van der Waals surface area contributed by atoms with Crippen molar-refractivity contribution in [2.24, 2.45) is 5.92 Å². The lowest BCUT2D eigenvalue weighted by molar-refractivity contribution is 0.0518. The Balaban J connectivity index is 1.66. The van der Waals surface area contributed by atoms with E-state index in [1.807, 2.05) is 32.9 Å². The molecule has 3 rings (SSSR count). The van der Waals surface area contributed by atoms with Crippen molar-refractivity contribution < 1.29 is 9.53 Å². The van der Waals surface area contributed by atoms with Gasteiger partial charge in [-0.1, -0.05) is 60.7 Å². The van der Waals surface area contributed by atoms with Gasteiger partial charge in [-0.05, 0) is 37.8 Å². The van der Waals surface area contributed by atoms with Crippen LogP contribution in [0.15, 0.2) is 60.7 Å². The fraction of sp³-hybridized carbons (Fsp3) is 0.435. The lowest BCUT2D eigenvalue weighted by Crippen LogP contribution is -2.36. The third kappa shape index (κ3) is 5.83. The molecule has 1 amide bonds. The van der Waals surface area contributed by atoms with Crippen LogP contribution in [-0.2, 0) is 11.3 Å². The summed E-state index contributed by atoms with van der Waals surface area (Å²) >= 11 is 0. The number of carbonyl (C=O) groups is 1. The van der Waals surface area contributed by atoms with Crippen LogP contribution in [-0.4, -0.2) is 36.2 Å². The van der Waals surface area contributed by atoms with Gasteiger partial charge in [-0.3, -0.25) is 4.90 Å². The Hall–Kier alpha value is -2.33. The molecule has 1 heterocycles. The summed E-state index contributed by atoms with van der Waals surface area (Å²) in [6, 6.07) is 21.2. The molecule has 1 aliphatic heterocycles. The van der Waals surface area contributed by atoms with E-state index < -0.39 is 5.60 Å². The Morgan fingerprint density at radius 2 is 1.67 bits per heavy atom. The van der Waals surface area contributed by atoms with Crippen molar-refractivity contribution in [3.8, 4) is 0 Å². The zero-order chi connectivity index (χ0) is 19.3. The maximum absolute atomic E-state index is 12.1. The second kappa shape index (κ2) is 8.57. The van der Waals surface area contributed by atoms with E-state index in [2.05, 4.69) is 58.7 Å². The third-order valence-electron chi connectivity index (χ3n) is 4.90. The van der Waals surface area contributed by atoms with Gasteiger partial charge in [0, 0.05) is 32.1 Å². The van der Waals surface area contributed by atoms with Gasteiger partial charge in [-0.25, -0.2) is 4.79 Å². The van der Waals surface area contributed by atoms with Gasteiger partial charge in [0.2, 0.25) is 0 Å². The number of alkyl carbamates (subject to hydrolysis) is 1. The first-order valence-corrected chi connectivity index (χ1v) is 9.69. The van der Waals surface area contributed by atoms with Gasteiger partial charge >= 0.3 is 6.09 Å². The molecule has 0 aromatic heterocycles. The van der Waals surface area contributed by atoms with Crippen LogP contribution in [0.2, 0.25) is 0 Å². The summed E-state index contributed by atoms with van der Waals surface area (Å²) in [6.45, 7) is 9.18. The standard InChI is InChI=1S/C23H30N2O2/c1-23(2,3)27-22(26)24-14-20-16-25(15-18-10-6-4-7-11-18)17-21(20)19-12-8-5-9-13-19/h4-13,20-21H,14-17H2,1-3H3,(H,24,26)/t20-,21-/m0/s1. The summed E-state index contributed by atoms with van der Waals surface area (Å²) in [4.78, 5) is 14.6. The number of benzene rings is 2. The van der Waals surface area contributed by atoms with Crippen LogP contribution in [0.3, 0.4) is 0 Å². The monoisotopic (exact) mass is 366 g/mol. The maximum atomic E-state index is 12.1. The molecule has 2 aromatic carbocycles. The minimum Gasteiger partial charge on any atom is -0.444 e. The van der Waals surface area contributed by atoms with Gasteiger partial charge in [0.1, 0.15) is 5.60 Å². The first-order valence-electron chi connectivity index (χ1n) is 9.69. The van der Waals surface area contributed by atoms with Crippen LogP contribution < -0.4 is 5.32 Å². The number of nitrogens with zero attached hydrogens (tertiary/aromatic N) is 1. The predicted molar refractivity (Wildman–Crippen MR) is 109 cm³/mol. The van der Waals surface area contributed by atoms with Crippen molar-refractivity contribution in [2.75, 3.05) is 19.6 Å². The number of carbonyl (C=O) groups excluding carboxylic acids is 1. The van der Waals surface area contributed by atoms with Gasteiger partial charge in [0.05, 0.1) is 0 Å². The summed E-state index contributed by atoms with van der Waals surface area (Å²) in [5, 5.41) is 2.98. The number of nitrogens with one attached hydrogen (secondary N) is 1. The smallest absolute Gasteiger partial charge is 0.407 e. The molecule has 2 atom stereocenters. The van der Waals surface area contributed by atoms with Crippen LogP contribution >= 0.6 is 0 Å². The Morgan fingerprint density at radius 3 is 2.30 bits per heavy atom. The highest BCUT2D eigenvalue weighted by molar-refractivity contribution is 5.67. The van der Waals surface area contributed by atoms with Crippen molar-refractivity contribution in [1.82, 2.24) is 10.2 Å². The molecular weight excluding hydrogens is 336 g/mol. The molecule has 1 saturated heterocycles. The number of rotatable bonds is 5. The molecule has 1 N–H and O–H groups in total. The van der Waals surface area contributed by atoms with Crippen molar-refractivity contribution >= 4 is 6.09 Å². The average Bonchev–Trinajstić information content (AvgIpc) is 3.03. The van der Waals surface area contributed by atoms with Crippen LogP contribution in [0, 0.1) is 5.92 Å². The van der Waals surface area contributed by atoms with Crippen LogP contribution in [0.25, 0.3) is 0 Å². The second-order valence-electron chi connectivity index (χ2n) is 8.34. The summed E-state index contributed by atoms with van der Waals surface area (Å²) in [7, 11) is 0. The fourth-order valence-electron chi connectivity index (χ4n) is 3.74. The van der Waals surface area contributed by atoms with Gasteiger partial charge < -0.3 is 10.1 Å². The number of hydrogen-bond donors (Lipinski definition) is 1. The SMILES string of the molecule is CC(C)(C)OC(=O)NC[C@H]1CN(Cc2ccccc2)C[C@H]1c1ccccc1. The van der Waals surface area contributed by atoms with E-state index in [-0.39, 0.29) is 6.09 Å². The molecule has 0 saturated carbocycles. The van der Waals surface area contributed by atoms with Crippen LogP contribution in [0.4, 0.5) is 4.79 Å². The number of hydrogen-bond acceptors (Lipinski definition) is 3. The molecule has 4 nitrogen and oxygen atoms in total. The maximum Gasteiger partial charge on any atom is 0.407 e. The van der Waals surface area contributed by atoms with E-state index in [0.717, 1.165) is 19.6 Å². The van der Waals surface area contributed by atoms with E-state index in [9.17, 15) is 4.79 Å². The lowest BCUT2D eigenvalue weighted by atomic mass is 9.89. The number of ether oxygens (including phenoxy) is 1. The fourth-order valence-corrected chi connectivity index (χ4v) is 3.74. The number of amides is 1. The van der Waals surface area contributed by atoms with Gasteiger partial charge in [0.25, 0.3) is 0 Å². The van der Waals surface area contributed by atoms with Gasteiger partial charge in [0.15, 0.2) is 0 Å². The average molecular weight is 367 g/mol. The summed E-state index contributed by atoms with van der Waals surface area (Å²) in [5.74, 6) is 0.772. The Morgan fingerprint density at radius 1 is 1.04 bits per heavy atom. The lowest BCUT2D eigenvalue weighted by Gasteiger charge is -2.22. The van der Waals surface area contributed by atoms with E-state index in [1.54, 1.807) is 0 Å². The van der Waals surface area contributed by atoms with Gasteiger partial charge in [-0.2, -0.15) is 0 Å². The molecule has 0 radical (unpaired) electrons. The Labute approximate surface area is 162 Å². The topological polar surface area (TPSA) is 41.6 Å². The molecule has 0 bridgehead atoms. The largest absolute Gasteiger partial charge is 0.444 e. The van der Waals surface area contributed by atoms with E-state index in [1.165, 1.54) is 11.1 Å². The van der Waals surface area contributed by atoms with Crippen LogP contribution in [0.5, 0.6) is 0 Å². The van der Waals surface area contributed by atoms with Crippen LogP contribution in [0.1, 0.15) is 37.8 Å². The molecule has 144 valence electrons. The van der Waals surface area contributed by atoms with E-state index >= 15 is 0 Å².